The highest BCUT2D eigenvalue weighted by atomic mass is 16.5. The minimum absolute atomic E-state index is 0.473. The predicted octanol–water partition coefficient (Wildman–Crippen LogP) is 1.15. The van der Waals surface area contributed by atoms with Gasteiger partial charge in [0, 0.05) is 6.07 Å². The van der Waals surface area contributed by atoms with E-state index in [0.29, 0.717) is 24.5 Å². The zero-order valence-corrected chi connectivity index (χ0v) is 7.81. The van der Waals surface area contributed by atoms with E-state index in [0.717, 1.165) is 0 Å². The number of nitrogens with zero attached hydrogens (tertiary/aromatic N) is 1. The molecular weight excluding hydrogens is 178 g/mol. The second-order valence-corrected chi connectivity index (χ2v) is 3.35. The summed E-state index contributed by atoms with van der Waals surface area (Å²) >= 11 is 0. The van der Waals surface area contributed by atoms with Crippen LogP contribution in [-0.4, -0.2) is 13.1 Å². The van der Waals surface area contributed by atoms with Gasteiger partial charge in [0.15, 0.2) is 5.69 Å². The maximum absolute atomic E-state index is 12.3. The second-order valence-electron chi connectivity index (χ2n) is 3.35. The molecule has 1 heterocycles. The fourth-order valence-electron chi connectivity index (χ4n) is 1.59. The first kappa shape index (κ1) is 9.05. The fraction of sp³-hybridized carbons (Fsp3) is 0.200. The monoisotopic (exact) mass is 191 g/mol. The Morgan fingerprint density at radius 3 is 2.79 bits per heavy atom. The van der Waals surface area contributed by atoms with Crippen LogP contribution in [0.1, 0.15) is 0 Å². The molecule has 1 aromatic carbocycles. The van der Waals surface area contributed by atoms with E-state index in [1.165, 1.54) is 0 Å². The lowest BCUT2D eigenvalue weighted by Crippen LogP contribution is -2.45. The average molecular weight is 191 g/mol. The maximum atomic E-state index is 12.3. The van der Waals surface area contributed by atoms with Crippen LogP contribution in [0.3, 0.4) is 0 Å². The number of rotatable bonds is 1. The molecule has 3 N–H and O–H groups in total. The molecule has 0 saturated carbocycles. The molecule has 0 saturated heterocycles. The van der Waals surface area contributed by atoms with Crippen LogP contribution >= 0.6 is 0 Å². The molecule has 0 bridgehead atoms. The Bertz CT molecular complexity index is 364. The van der Waals surface area contributed by atoms with Gasteiger partial charge >= 0.3 is 0 Å². The first-order valence-corrected chi connectivity index (χ1v) is 4.57. The number of hydrogen-bond donors (Lipinski definition) is 2. The van der Waals surface area contributed by atoms with Gasteiger partial charge in [-0.15, -0.1) is 0 Å². The Morgan fingerprint density at radius 1 is 1.36 bits per heavy atom. The van der Waals surface area contributed by atoms with E-state index in [1.807, 2.05) is 12.1 Å². The quantitative estimate of drug-likeness (QED) is 0.397. The summed E-state index contributed by atoms with van der Waals surface area (Å²) in [6.45, 7) is 1.15. The first-order chi connectivity index (χ1) is 6.72. The van der Waals surface area contributed by atoms with Gasteiger partial charge in [-0.25, -0.2) is 0 Å². The highest BCUT2D eigenvalue weighted by Gasteiger charge is 2.21. The van der Waals surface area contributed by atoms with Crippen LogP contribution in [0.25, 0.3) is 0 Å². The second kappa shape index (κ2) is 3.32. The van der Waals surface area contributed by atoms with Crippen molar-refractivity contribution >= 4 is 11.4 Å². The molecule has 0 spiro atoms. The molecule has 1 aromatic rings. The molecule has 1 aliphatic rings. The lowest BCUT2D eigenvalue weighted by Gasteiger charge is -2.40. The highest BCUT2D eigenvalue weighted by molar-refractivity contribution is 5.66. The number of nitrogen functional groups attached to an aromatic ring is 1. The van der Waals surface area contributed by atoms with Crippen molar-refractivity contribution in [2.75, 3.05) is 18.8 Å². The van der Waals surface area contributed by atoms with Crippen molar-refractivity contribution in [3.63, 3.8) is 0 Å². The SMILES string of the molecule is Nc1ccccc1[N+]1([O-])C=CNCC1. The van der Waals surface area contributed by atoms with Gasteiger partial charge in [-0.2, -0.15) is 0 Å². The Kier molecular flexibility index (Phi) is 2.15. The van der Waals surface area contributed by atoms with Crippen LogP contribution in [0.4, 0.5) is 11.4 Å². The Hall–Kier alpha value is -1.52. The summed E-state index contributed by atoms with van der Waals surface area (Å²) in [7, 11) is 0. The average Bonchev–Trinajstić information content (AvgIpc) is 2.19. The summed E-state index contributed by atoms with van der Waals surface area (Å²) < 4.78 is -0.473. The molecule has 74 valence electrons. The van der Waals surface area contributed by atoms with Crippen molar-refractivity contribution in [3.05, 3.63) is 41.9 Å². The Morgan fingerprint density at radius 2 is 2.14 bits per heavy atom. The summed E-state index contributed by atoms with van der Waals surface area (Å²) in [5.41, 5.74) is 6.93. The molecule has 4 heteroatoms. The number of hydrogen-bond acceptors (Lipinski definition) is 3. The Labute approximate surface area is 82.8 Å². The highest BCUT2D eigenvalue weighted by Crippen LogP contribution is 2.29. The van der Waals surface area contributed by atoms with Crippen LogP contribution in [0.2, 0.25) is 0 Å². The van der Waals surface area contributed by atoms with Crippen molar-refractivity contribution in [2.45, 2.75) is 0 Å². The number of nitrogens with two attached hydrogens (primary N) is 1. The van der Waals surface area contributed by atoms with Crippen LogP contribution in [0.15, 0.2) is 36.7 Å². The fourth-order valence-corrected chi connectivity index (χ4v) is 1.59. The largest absolute Gasteiger partial charge is 0.622 e. The van der Waals surface area contributed by atoms with Crippen molar-refractivity contribution in [1.82, 2.24) is 9.96 Å². The molecule has 0 radical (unpaired) electrons. The predicted molar refractivity (Wildman–Crippen MR) is 58.0 cm³/mol. The van der Waals surface area contributed by atoms with Gasteiger partial charge in [-0.3, -0.25) is 4.65 Å². The third-order valence-corrected chi connectivity index (χ3v) is 2.37. The van der Waals surface area contributed by atoms with Gasteiger partial charge in [0.2, 0.25) is 0 Å². The maximum Gasteiger partial charge on any atom is 0.160 e. The minimum Gasteiger partial charge on any atom is -0.622 e. The van der Waals surface area contributed by atoms with Gasteiger partial charge in [0.25, 0.3) is 0 Å². The van der Waals surface area contributed by atoms with Crippen molar-refractivity contribution in [2.24, 2.45) is 0 Å². The van der Waals surface area contributed by atoms with E-state index in [1.54, 1.807) is 24.5 Å². The standard InChI is InChI=1S/C10H13N3O/c11-9-3-1-2-4-10(9)13(14)7-5-12-6-8-13/h1-5,7,12H,6,8,11H2. The number of para-hydroxylation sites is 2. The molecular formula is C10H13N3O. The summed E-state index contributed by atoms with van der Waals surface area (Å²) in [6.07, 6.45) is 3.26. The Balaban J connectivity index is 2.43. The summed E-state index contributed by atoms with van der Waals surface area (Å²) in [5, 5.41) is 15.3. The summed E-state index contributed by atoms with van der Waals surface area (Å²) in [5.74, 6) is 0. The van der Waals surface area contributed by atoms with Crippen molar-refractivity contribution in [3.8, 4) is 0 Å². The molecule has 4 nitrogen and oxygen atoms in total. The van der Waals surface area contributed by atoms with Crippen LogP contribution in [0, 0.1) is 5.21 Å². The van der Waals surface area contributed by atoms with Crippen LogP contribution in [0.5, 0.6) is 0 Å². The molecule has 0 aromatic heterocycles. The van der Waals surface area contributed by atoms with Gasteiger partial charge in [-0.05, 0) is 6.07 Å². The summed E-state index contributed by atoms with van der Waals surface area (Å²) in [6, 6.07) is 7.19. The number of benzene rings is 1. The van der Waals surface area contributed by atoms with E-state index in [-0.39, 0.29) is 0 Å². The molecule has 0 fully saturated rings. The van der Waals surface area contributed by atoms with E-state index >= 15 is 0 Å². The van der Waals surface area contributed by atoms with Gasteiger partial charge in [-0.1, -0.05) is 12.1 Å². The molecule has 1 aliphatic heterocycles. The summed E-state index contributed by atoms with van der Waals surface area (Å²) in [4.78, 5) is 0. The molecule has 1 unspecified atom stereocenters. The zero-order chi connectivity index (χ0) is 10.0. The van der Waals surface area contributed by atoms with Crippen molar-refractivity contribution < 1.29 is 0 Å². The number of hydroxylamine groups is 2. The van der Waals surface area contributed by atoms with Crippen LogP contribution < -0.4 is 15.7 Å². The van der Waals surface area contributed by atoms with Gasteiger partial charge in [0.1, 0.15) is 12.7 Å². The molecule has 0 aliphatic carbocycles. The van der Waals surface area contributed by atoms with Gasteiger partial charge < -0.3 is 16.3 Å². The van der Waals surface area contributed by atoms with Crippen molar-refractivity contribution in [1.29, 1.82) is 0 Å². The number of quaternary nitrogens is 1. The normalized spacial score (nSPS) is 25.8. The van der Waals surface area contributed by atoms with E-state index in [4.69, 9.17) is 5.73 Å². The van der Waals surface area contributed by atoms with Crippen LogP contribution in [-0.2, 0) is 0 Å². The smallest absolute Gasteiger partial charge is 0.160 e. The van der Waals surface area contributed by atoms with Gasteiger partial charge in [0.05, 0.1) is 18.4 Å². The molecule has 2 rings (SSSR count). The first-order valence-electron chi connectivity index (χ1n) is 4.57. The third kappa shape index (κ3) is 1.45. The zero-order valence-electron chi connectivity index (χ0n) is 7.81. The number of anilines is 1. The molecule has 1 atom stereocenters. The lowest BCUT2D eigenvalue weighted by molar-refractivity contribution is 0.464. The van der Waals surface area contributed by atoms with E-state index < -0.39 is 4.65 Å². The molecule has 0 amide bonds. The van der Waals surface area contributed by atoms with E-state index in [2.05, 4.69) is 5.32 Å². The lowest BCUT2D eigenvalue weighted by atomic mass is 10.2. The topological polar surface area (TPSA) is 61.1 Å². The minimum atomic E-state index is -0.473. The number of nitrogens with one attached hydrogen (secondary N) is 1. The third-order valence-electron chi connectivity index (χ3n) is 2.37. The molecule has 14 heavy (non-hydrogen) atoms. The van der Waals surface area contributed by atoms with E-state index in [9.17, 15) is 5.21 Å².